The molecule has 2 unspecified atom stereocenters. The number of aliphatic hydroxyl groups excluding tert-OH is 1. The van der Waals surface area contributed by atoms with E-state index < -0.39 is 28.0 Å². The third-order valence-corrected chi connectivity index (χ3v) is 9.24. The quantitative estimate of drug-likeness (QED) is 0.0381. The molecule has 43 heavy (non-hydrogen) atoms. The number of hydrogen-bond acceptors (Lipinski definition) is 4. The molecule has 0 spiro atoms. The van der Waals surface area contributed by atoms with Gasteiger partial charge in [-0.1, -0.05) is 180 Å². The van der Waals surface area contributed by atoms with Crippen LogP contribution in [0.1, 0.15) is 194 Å². The number of aliphatic hydroxyl groups is 1. The maximum Gasteiger partial charge on any atom is 0.267 e. The number of carbonyl (C=O) groups excluding carboxylic acids is 1. The van der Waals surface area contributed by atoms with E-state index in [1.165, 1.54) is 135 Å². The Kier molecular flexibility index (Phi) is 30.4. The monoisotopic (exact) mass is 630 g/mol. The minimum absolute atomic E-state index is 0.277. The molecule has 0 rings (SSSR count). The van der Waals surface area contributed by atoms with Crippen LogP contribution in [0.15, 0.2) is 12.2 Å². The van der Waals surface area contributed by atoms with Gasteiger partial charge in [-0.05, 0) is 19.3 Å². The van der Waals surface area contributed by atoms with Gasteiger partial charge in [0, 0.05) is 6.42 Å². The molecule has 0 aliphatic heterocycles. The summed E-state index contributed by atoms with van der Waals surface area (Å²) in [6.45, 7) is 4.50. The van der Waals surface area contributed by atoms with Crippen LogP contribution in [0.3, 0.4) is 0 Å². The smallest absolute Gasteiger partial charge is 0.267 e. The fraction of sp³-hybridized carbons (Fsp3) is 0.917. The highest BCUT2D eigenvalue weighted by molar-refractivity contribution is 7.85. The molecule has 2 atom stereocenters. The summed E-state index contributed by atoms with van der Waals surface area (Å²) in [5.41, 5.74) is 0. The summed E-state index contributed by atoms with van der Waals surface area (Å²) in [6, 6.07) is -1.05. The van der Waals surface area contributed by atoms with E-state index in [4.69, 9.17) is 0 Å². The van der Waals surface area contributed by atoms with Gasteiger partial charge in [0.15, 0.2) is 0 Å². The topological polar surface area (TPSA) is 104 Å². The molecule has 0 heterocycles. The van der Waals surface area contributed by atoms with Crippen molar-refractivity contribution in [3.63, 3.8) is 0 Å². The van der Waals surface area contributed by atoms with Gasteiger partial charge in [-0.3, -0.25) is 9.35 Å². The molecule has 1 amide bonds. The van der Waals surface area contributed by atoms with Crippen molar-refractivity contribution in [3.8, 4) is 0 Å². The zero-order valence-corrected chi connectivity index (χ0v) is 29.2. The molecule has 0 radical (unpaired) electrons. The van der Waals surface area contributed by atoms with Gasteiger partial charge in [0.25, 0.3) is 10.1 Å². The van der Waals surface area contributed by atoms with Crippen molar-refractivity contribution in [1.29, 1.82) is 0 Å². The number of rotatable bonds is 33. The molecule has 0 aromatic heterocycles. The van der Waals surface area contributed by atoms with Crippen molar-refractivity contribution in [3.05, 3.63) is 12.2 Å². The molecule has 3 N–H and O–H groups in total. The van der Waals surface area contributed by atoms with Crippen molar-refractivity contribution >= 4 is 16.0 Å². The van der Waals surface area contributed by atoms with Crippen LogP contribution < -0.4 is 5.32 Å². The second-order valence-electron chi connectivity index (χ2n) is 12.9. The van der Waals surface area contributed by atoms with Crippen molar-refractivity contribution in [1.82, 2.24) is 5.32 Å². The van der Waals surface area contributed by atoms with Gasteiger partial charge in [0.1, 0.15) is 0 Å². The number of carbonyl (C=O) groups is 1. The lowest BCUT2D eigenvalue weighted by Crippen LogP contribution is -2.46. The molecule has 0 aliphatic carbocycles. The number of unbranched alkanes of at least 4 members (excludes halogenated alkanes) is 25. The van der Waals surface area contributed by atoms with E-state index in [9.17, 15) is 22.9 Å². The van der Waals surface area contributed by atoms with Crippen LogP contribution in [0, 0.1) is 0 Å². The van der Waals surface area contributed by atoms with Gasteiger partial charge in [-0.15, -0.1) is 0 Å². The molecule has 0 saturated heterocycles. The maximum atomic E-state index is 12.4. The lowest BCUT2D eigenvalue weighted by atomic mass is 10.0. The highest BCUT2D eigenvalue weighted by Gasteiger charge is 2.24. The first kappa shape index (κ1) is 42.1. The largest absolute Gasteiger partial charge is 0.387 e. The van der Waals surface area contributed by atoms with Gasteiger partial charge in [0.05, 0.1) is 17.9 Å². The van der Waals surface area contributed by atoms with Gasteiger partial charge in [-0.25, -0.2) is 0 Å². The summed E-state index contributed by atoms with van der Waals surface area (Å²) in [5.74, 6) is -0.970. The van der Waals surface area contributed by atoms with E-state index in [-0.39, 0.29) is 5.91 Å². The van der Waals surface area contributed by atoms with E-state index in [1.54, 1.807) is 6.08 Å². The fourth-order valence-corrected chi connectivity index (χ4v) is 6.42. The van der Waals surface area contributed by atoms with Crippen LogP contribution in [-0.4, -0.2) is 41.9 Å². The van der Waals surface area contributed by atoms with E-state index in [1.807, 2.05) is 6.08 Å². The minimum atomic E-state index is -4.33. The minimum Gasteiger partial charge on any atom is -0.387 e. The van der Waals surface area contributed by atoms with Gasteiger partial charge >= 0.3 is 0 Å². The number of hydrogen-bond donors (Lipinski definition) is 3. The predicted molar refractivity (Wildman–Crippen MR) is 184 cm³/mol. The van der Waals surface area contributed by atoms with Gasteiger partial charge in [-0.2, -0.15) is 8.42 Å². The summed E-state index contributed by atoms with van der Waals surface area (Å²) in [5, 5.41) is 13.2. The van der Waals surface area contributed by atoms with E-state index in [2.05, 4.69) is 19.2 Å². The average Bonchev–Trinajstić information content (AvgIpc) is 2.96. The summed E-state index contributed by atoms with van der Waals surface area (Å²) in [6.07, 6.45) is 36.2. The van der Waals surface area contributed by atoms with E-state index in [0.717, 1.165) is 38.5 Å². The second-order valence-corrected chi connectivity index (χ2v) is 14.4. The number of allylic oxidation sites excluding steroid dienone is 1. The maximum absolute atomic E-state index is 12.4. The average molecular weight is 630 g/mol. The molecular weight excluding hydrogens is 558 g/mol. The first-order valence-corrected chi connectivity index (χ1v) is 20.0. The zero-order valence-electron chi connectivity index (χ0n) is 28.3. The molecular formula is C36H71NO5S. The third kappa shape index (κ3) is 32.3. The Balaban J connectivity index is 3.97. The van der Waals surface area contributed by atoms with Crippen LogP contribution in [0.4, 0.5) is 0 Å². The first-order chi connectivity index (χ1) is 20.8. The molecule has 6 nitrogen and oxygen atoms in total. The highest BCUT2D eigenvalue weighted by Crippen LogP contribution is 2.15. The van der Waals surface area contributed by atoms with Crippen LogP contribution in [0.5, 0.6) is 0 Å². The Morgan fingerprint density at radius 2 is 0.953 bits per heavy atom. The highest BCUT2D eigenvalue weighted by atomic mass is 32.2. The molecule has 7 heteroatoms. The Morgan fingerprint density at radius 1 is 0.605 bits per heavy atom. The second kappa shape index (κ2) is 31.1. The number of nitrogens with one attached hydrogen (secondary N) is 1. The van der Waals surface area contributed by atoms with Crippen LogP contribution in [0.25, 0.3) is 0 Å². The first-order valence-electron chi connectivity index (χ1n) is 18.4. The number of amides is 1. The van der Waals surface area contributed by atoms with Crippen molar-refractivity contribution < 1.29 is 22.9 Å². The molecule has 256 valence electrons. The standard InChI is InChI=1S/C36H71NO5S/c1-3-5-7-9-11-13-15-17-18-20-21-23-25-27-29-31-35(38)34(33-43(40,41)42)37-36(39)32-30-28-26-24-22-19-16-14-12-10-8-6-4-2/h29,31,34-35,38H,3-28,30,32-33H2,1-2H3,(H,37,39)(H,40,41,42)/b31-29+. The summed E-state index contributed by atoms with van der Waals surface area (Å²) in [4.78, 5) is 12.4. The van der Waals surface area contributed by atoms with Crippen molar-refractivity contribution in [2.24, 2.45) is 0 Å². The molecule has 0 aliphatic rings. The Labute approximate surface area is 267 Å². The molecule has 0 bridgehead atoms. The summed E-state index contributed by atoms with van der Waals surface area (Å²) in [7, 11) is -4.33. The van der Waals surface area contributed by atoms with Crippen LogP contribution in [0.2, 0.25) is 0 Å². The SMILES string of the molecule is CCCCCCCCCCCCCCC/C=C/C(O)C(CS(=O)(=O)O)NC(=O)CCCCCCCCCCCCCCC. The Morgan fingerprint density at radius 3 is 1.33 bits per heavy atom. The fourth-order valence-electron chi connectivity index (χ4n) is 5.68. The van der Waals surface area contributed by atoms with Gasteiger partial charge in [0.2, 0.25) is 5.91 Å². The lowest BCUT2D eigenvalue weighted by Gasteiger charge is -2.21. The molecule has 0 fully saturated rings. The van der Waals surface area contributed by atoms with Gasteiger partial charge < -0.3 is 10.4 Å². The van der Waals surface area contributed by atoms with Crippen LogP contribution in [-0.2, 0) is 14.9 Å². The van der Waals surface area contributed by atoms with Crippen LogP contribution >= 0.6 is 0 Å². The summed E-state index contributed by atoms with van der Waals surface area (Å²) < 4.78 is 32.3. The lowest BCUT2D eigenvalue weighted by molar-refractivity contribution is -0.122. The zero-order chi connectivity index (χ0) is 31.9. The summed E-state index contributed by atoms with van der Waals surface area (Å²) >= 11 is 0. The molecule has 0 aromatic rings. The van der Waals surface area contributed by atoms with E-state index >= 15 is 0 Å². The molecule has 0 aromatic carbocycles. The van der Waals surface area contributed by atoms with E-state index in [0.29, 0.717) is 6.42 Å². The predicted octanol–water partition coefficient (Wildman–Crippen LogP) is 10.2. The third-order valence-electron chi connectivity index (χ3n) is 8.46. The van der Waals surface area contributed by atoms with Crippen molar-refractivity contribution in [2.75, 3.05) is 5.75 Å². The molecule has 0 saturated carbocycles. The Bertz CT molecular complexity index is 740. The van der Waals surface area contributed by atoms with Crippen molar-refractivity contribution in [2.45, 2.75) is 206 Å². The Hall–Kier alpha value is -0.920. The normalized spacial score (nSPS) is 13.5.